The Hall–Kier alpha value is -1.68. The van der Waals surface area contributed by atoms with E-state index >= 15 is 0 Å². The summed E-state index contributed by atoms with van der Waals surface area (Å²) in [6.45, 7) is 7.64. The summed E-state index contributed by atoms with van der Waals surface area (Å²) in [6, 6.07) is 16.0. The van der Waals surface area contributed by atoms with E-state index in [2.05, 4.69) is 19.1 Å². The molecule has 156 valence electrons. The average molecular weight is 395 g/mol. The van der Waals surface area contributed by atoms with Gasteiger partial charge in [0.2, 0.25) is 0 Å². The van der Waals surface area contributed by atoms with Crippen molar-refractivity contribution in [3.8, 4) is 0 Å². The average Bonchev–Trinajstić information content (AvgIpc) is 2.68. The van der Waals surface area contributed by atoms with E-state index in [1.165, 1.54) is 11.1 Å². The van der Waals surface area contributed by atoms with Gasteiger partial charge in [0, 0.05) is 5.41 Å². The molecule has 4 unspecified atom stereocenters. The van der Waals surface area contributed by atoms with Gasteiger partial charge in [-0.15, -0.1) is 0 Å². The van der Waals surface area contributed by atoms with Crippen LogP contribution in [-0.2, 0) is 23.0 Å². The van der Waals surface area contributed by atoms with Crippen LogP contribution in [0.2, 0.25) is 0 Å². The van der Waals surface area contributed by atoms with Crippen molar-refractivity contribution in [1.82, 2.24) is 0 Å². The Kier molecular flexibility index (Phi) is 4.73. The second-order valence-electron chi connectivity index (χ2n) is 10.1. The molecule has 2 aliphatic carbocycles. The van der Waals surface area contributed by atoms with E-state index in [-0.39, 0.29) is 5.41 Å². The molecule has 3 heteroatoms. The molecule has 4 rings (SSSR count). The van der Waals surface area contributed by atoms with Crippen LogP contribution in [0.25, 0.3) is 0 Å². The third kappa shape index (κ3) is 3.06. The molecular weight excluding hydrogens is 360 g/mol. The summed E-state index contributed by atoms with van der Waals surface area (Å²) in [4.78, 5) is 0. The first-order chi connectivity index (χ1) is 13.5. The zero-order valence-electron chi connectivity index (χ0n) is 18.1. The molecule has 0 amide bonds. The SMILES string of the molecule is CCC12CC(C)(O)C(O)(c3ccccc3)CC1CCc1cc(C(C)(C)O)ccc12. The number of rotatable bonds is 3. The summed E-state index contributed by atoms with van der Waals surface area (Å²) in [6.07, 6.45) is 3.94. The van der Waals surface area contributed by atoms with Crippen LogP contribution in [-0.4, -0.2) is 20.9 Å². The molecule has 1 fully saturated rings. The molecular formula is C26H34O3. The lowest BCUT2D eigenvalue weighted by atomic mass is 9.48. The minimum Gasteiger partial charge on any atom is -0.387 e. The van der Waals surface area contributed by atoms with Gasteiger partial charge in [-0.25, -0.2) is 0 Å². The smallest absolute Gasteiger partial charge is 0.118 e. The predicted octanol–water partition coefficient (Wildman–Crippen LogP) is 4.56. The highest BCUT2D eigenvalue weighted by Crippen LogP contribution is 2.60. The number of aliphatic hydroxyl groups is 3. The maximum atomic E-state index is 11.7. The Labute approximate surface area is 174 Å². The molecule has 1 saturated carbocycles. The lowest BCUT2D eigenvalue weighted by Crippen LogP contribution is -2.62. The summed E-state index contributed by atoms with van der Waals surface area (Å²) >= 11 is 0. The Bertz CT molecular complexity index is 896. The lowest BCUT2D eigenvalue weighted by molar-refractivity contribution is -0.205. The van der Waals surface area contributed by atoms with Crippen molar-refractivity contribution in [1.29, 1.82) is 0 Å². The maximum Gasteiger partial charge on any atom is 0.118 e. The summed E-state index contributed by atoms with van der Waals surface area (Å²) in [5, 5.41) is 33.8. The van der Waals surface area contributed by atoms with Crippen molar-refractivity contribution in [3.63, 3.8) is 0 Å². The van der Waals surface area contributed by atoms with Gasteiger partial charge in [-0.2, -0.15) is 0 Å². The maximum absolute atomic E-state index is 11.7. The number of hydrogen-bond acceptors (Lipinski definition) is 3. The summed E-state index contributed by atoms with van der Waals surface area (Å²) in [5.41, 5.74) is 0.810. The van der Waals surface area contributed by atoms with E-state index in [0.717, 1.165) is 30.4 Å². The van der Waals surface area contributed by atoms with Gasteiger partial charge in [-0.05, 0) is 81.0 Å². The van der Waals surface area contributed by atoms with E-state index in [1.54, 1.807) is 6.92 Å². The summed E-state index contributed by atoms with van der Waals surface area (Å²) in [7, 11) is 0. The summed E-state index contributed by atoms with van der Waals surface area (Å²) in [5.74, 6) is 0.304. The largest absolute Gasteiger partial charge is 0.387 e. The monoisotopic (exact) mass is 394 g/mol. The molecule has 0 heterocycles. The molecule has 2 aromatic carbocycles. The predicted molar refractivity (Wildman–Crippen MR) is 116 cm³/mol. The van der Waals surface area contributed by atoms with Crippen LogP contribution in [0, 0.1) is 5.92 Å². The van der Waals surface area contributed by atoms with Crippen LogP contribution >= 0.6 is 0 Å². The highest BCUT2D eigenvalue weighted by molar-refractivity contribution is 5.44. The van der Waals surface area contributed by atoms with E-state index in [9.17, 15) is 15.3 Å². The molecule has 2 aromatic rings. The van der Waals surface area contributed by atoms with Crippen LogP contribution in [0.3, 0.4) is 0 Å². The molecule has 3 nitrogen and oxygen atoms in total. The summed E-state index contributed by atoms with van der Waals surface area (Å²) < 4.78 is 0. The lowest BCUT2D eigenvalue weighted by Gasteiger charge is -2.59. The Morgan fingerprint density at radius 2 is 1.76 bits per heavy atom. The number of aryl methyl sites for hydroxylation is 1. The Balaban J connectivity index is 1.80. The van der Waals surface area contributed by atoms with Gasteiger partial charge in [-0.1, -0.05) is 55.5 Å². The first kappa shape index (κ1) is 20.6. The van der Waals surface area contributed by atoms with Crippen LogP contribution in [0.5, 0.6) is 0 Å². The molecule has 0 radical (unpaired) electrons. The standard InChI is InChI=1S/C26H34O3/c1-5-25-17-24(4,28)26(29,19-9-7-6-8-10-19)16-21(25)12-11-18-15-20(23(2,3)27)13-14-22(18)25/h6-10,13-15,21,27-29H,5,11-12,16-17H2,1-4H3. The van der Waals surface area contributed by atoms with Gasteiger partial charge in [0.1, 0.15) is 5.60 Å². The van der Waals surface area contributed by atoms with Gasteiger partial charge >= 0.3 is 0 Å². The van der Waals surface area contributed by atoms with Crippen molar-refractivity contribution < 1.29 is 15.3 Å². The zero-order chi connectivity index (χ0) is 21.1. The topological polar surface area (TPSA) is 60.7 Å². The molecule has 0 aromatic heterocycles. The highest BCUT2D eigenvalue weighted by Gasteiger charge is 2.60. The van der Waals surface area contributed by atoms with Crippen LogP contribution < -0.4 is 0 Å². The number of benzene rings is 2. The molecule has 0 aliphatic heterocycles. The second kappa shape index (κ2) is 6.66. The van der Waals surface area contributed by atoms with Gasteiger partial charge < -0.3 is 15.3 Å². The Morgan fingerprint density at radius 3 is 2.38 bits per heavy atom. The van der Waals surface area contributed by atoms with Crippen molar-refractivity contribution in [2.75, 3.05) is 0 Å². The molecule has 0 spiro atoms. The zero-order valence-corrected chi connectivity index (χ0v) is 18.1. The quantitative estimate of drug-likeness (QED) is 0.715. The van der Waals surface area contributed by atoms with Gasteiger partial charge in [0.15, 0.2) is 0 Å². The molecule has 0 saturated heterocycles. The van der Waals surface area contributed by atoms with Crippen LogP contribution in [0.15, 0.2) is 48.5 Å². The van der Waals surface area contributed by atoms with Gasteiger partial charge in [-0.3, -0.25) is 0 Å². The molecule has 0 bridgehead atoms. The minimum absolute atomic E-state index is 0.157. The van der Waals surface area contributed by atoms with Crippen LogP contribution in [0.1, 0.15) is 75.6 Å². The van der Waals surface area contributed by atoms with Crippen molar-refractivity contribution >= 4 is 0 Å². The van der Waals surface area contributed by atoms with Gasteiger partial charge in [0.05, 0.1) is 11.2 Å². The van der Waals surface area contributed by atoms with Gasteiger partial charge in [0.25, 0.3) is 0 Å². The first-order valence-corrected chi connectivity index (χ1v) is 10.9. The van der Waals surface area contributed by atoms with E-state index in [0.29, 0.717) is 18.8 Å². The third-order valence-electron chi connectivity index (χ3n) is 7.87. The Morgan fingerprint density at radius 1 is 1.07 bits per heavy atom. The second-order valence-corrected chi connectivity index (χ2v) is 10.1. The number of hydrogen-bond donors (Lipinski definition) is 3. The first-order valence-electron chi connectivity index (χ1n) is 10.9. The number of fused-ring (bicyclic) bond motifs is 3. The normalized spacial score (nSPS) is 34.4. The van der Waals surface area contributed by atoms with E-state index in [1.807, 2.05) is 50.2 Å². The van der Waals surface area contributed by atoms with Crippen molar-refractivity contribution in [2.24, 2.45) is 5.92 Å². The fourth-order valence-corrected chi connectivity index (χ4v) is 6.11. The van der Waals surface area contributed by atoms with E-state index in [4.69, 9.17) is 0 Å². The molecule has 2 aliphatic rings. The molecule has 29 heavy (non-hydrogen) atoms. The molecule has 3 N–H and O–H groups in total. The third-order valence-corrected chi connectivity index (χ3v) is 7.87. The van der Waals surface area contributed by atoms with Crippen molar-refractivity contribution in [2.45, 2.75) is 82.0 Å². The van der Waals surface area contributed by atoms with Crippen molar-refractivity contribution in [3.05, 3.63) is 70.8 Å². The fourth-order valence-electron chi connectivity index (χ4n) is 6.11. The van der Waals surface area contributed by atoms with Crippen LogP contribution in [0.4, 0.5) is 0 Å². The molecule has 4 atom stereocenters. The minimum atomic E-state index is -1.25. The highest BCUT2D eigenvalue weighted by atomic mass is 16.4. The van der Waals surface area contributed by atoms with E-state index < -0.39 is 16.8 Å². The fraction of sp³-hybridized carbons (Fsp3) is 0.538.